The van der Waals surface area contributed by atoms with Crippen LogP contribution in [0.1, 0.15) is 20.8 Å². The number of ether oxygens (including phenoxy) is 2. The number of nitrogens with one attached hydrogen (secondary N) is 1. The fraction of sp³-hybridized carbons (Fsp3) is 0.381. The number of rotatable bonds is 5. The number of aromatic nitrogens is 1. The third-order valence-corrected chi connectivity index (χ3v) is 6.61. The minimum Gasteiger partial charge on any atom is -0.444 e. The fourth-order valence-electron chi connectivity index (χ4n) is 3.18. The highest BCUT2D eigenvalue weighted by molar-refractivity contribution is 7.89. The summed E-state index contributed by atoms with van der Waals surface area (Å²) in [6.07, 6.45) is 0.892. The van der Waals surface area contributed by atoms with Crippen molar-refractivity contribution in [2.24, 2.45) is 0 Å². The van der Waals surface area contributed by atoms with Crippen molar-refractivity contribution in [3.05, 3.63) is 48.7 Å². The highest BCUT2D eigenvalue weighted by Crippen LogP contribution is 2.26. The maximum Gasteiger partial charge on any atom is 0.410 e. The van der Waals surface area contributed by atoms with Crippen molar-refractivity contribution in [3.8, 4) is 11.6 Å². The first-order valence-electron chi connectivity index (χ1n) is 10.1. The van der Waals surface area contributed by atoms with E-state index in [1.807, 2.05) is 0 Å². The number of piperazine rings is 1. The molecule has 2 heterocycles. The van der Waals surface area contributed by atoms with E-state index < -0.39 is 33.7 Å². The number of pyridine rings is 1. The van der Waals surface area contributed by atoms with E-state index in [2.05, 4.69) is 4.98 Å². The van der Waals surface area contributed by atoms with E-state index in [4.69, 9.17) is 14.7 Å². The molecule has 1 aromatic heterocycles. The zero-order chi connectivity index (χ0) is 24.2. The molecule has 2 aromatic rings. The molecule has 1 aliphatic heterocycles. The van der Waals surface area contributed by atoms with Crippen LogP contribution in [-0.2, 0) is 19.6 Å². The molecule has 0 spiro atoms. The van der Waals surface area contributed by atoms with Gasteiger partial charge < -0.3 is 14.4 Å². The van der Waals surface area contributed by atoms with E-state index in [0.29, 0.717) is 11.6 Å². The van der Waals surface area contributed by atoms with Crippen LogP contribution in [0.5, 0.6) is 11.6 Å². The summed E-state index contributed by atoms with van der Waals surface area (Å²) in [6, 6.07) is 9.45. The average molecular weight is 479 g/mol. The van der Waals surface area contributed by atoms with E-state index >= 15 is 0 Å². The molecular formula is C21H26N4O7S. The molecule has 2 amide bonds. The predicted molar refractivity (Wildman–Crippen MR) is 116 cm³/mol. The molecule has 1 aromatic carbocycles. The Hall–Kier alpha value is -3.22. The molecule has 12 heteroatoms. The van der Waals surface area contributed by atoms with Gasteiger partial charge in [0.2, 0.25) is 15.9 Å². The predicted octanol–water partition coefficient (Wildman–Crippen LogP) is 1.99. The molecule has 1 atom stereocenters. The van der Waals surface area contributed by atoms with Gasteiger partial charge in [0.25, 0.3) is 5.91 Å². The Morgan fingerprint density at radius 2 is 1.82 bits per heavy atom. The topological polar surface area (TPSA) is 138 Å². The molecule has 0 radical (unpaired) electrons. The molecule has 178 valence electrons. The minimum absolute atomic E-state index is 0.0181. The van der Waals surface area contributed by atoms with Crippen LogP contribution in [0, 0.1) is 0 Å². The zero-order valence-corrected chi connectivity index (χ0v) is 19.3. The van der Waals surface area contributed by atoms with Crippen molar-refractivity contribution in [2.45, 2.75) is 37.3 Å². The van der Waals surface area contributed by atoms with Gasteiger partial charge in [-0.25, -0.2) is 23.7 Å². The molecule has 1 unspecified atom stereocenters. The summed E-state index contributed by atoms with van der Waals surface area (Å²) in [5, 5.41) is 9.15. The van der Waals surface area contributed by atoms with Gasteiger partial charge >= 0.3 is 6.09 Å². The van der Waals surface area contributed by atoms with Crippen LogP contribution in [0.25, 0.3) is 0 Å². The summed E-state index contributed by atoms with van der Waals surface area (Å²) in [5.41, 5.74) is 0.726. The average Bonchev–Trinajstić information content (AvgIpc) is 2.78. The van der Waals surface area contributed by atoms with Crippen molar-refractivity contribution in [2.75, 3.05) is 19.6 Å². The maximum atomic E-state index is 13.3. The van der Waals surface area contributed by atoms with E-state index in [-0.39, 0.29) is 24.5 Å². The quantitative estimate of drug-likeness (QED) is 0.491. The van der Waals surface area contributed by atoms with Gasteiger partial charge in [-0.05, 0) is 51.1 Å². The lowest BCUT2D eigenvalue weighted by molar-refractivity contribution is -0.134. The van der Waals surface area contributed by atoms with E-state index in [1.54, 1.807) is 45.2 Å². The molecule has 0 saturated carbocycles. The third kappa shape index (κ3) is 5.97. The fourth-order valence-corrected chi connectivity index (χ4v) is 4.75. The van der Waals surface area contributed by atoms with Gasteiger partial charge in [-0.3, -0.25) is 10.0 Å². The SMILES string of the molecule is CC(C)(C)OC(=O)N1CCN(S(=O)(=O)c2ccc(Oc3ccccn3)cc2)C(C(=O)NO)C1. The first kappa shape index (κ1) is 24.4. The molecule has 0 bridgehead atoms. The Bertz CT molecular complexity index is 1090. The smallest absolute Gasteiger partial charge is 0.410 e. The lowest BCUT2D eigenvalue weighted by Gasteiger charge is -2.39. The Balaban J connectivity index is 1.79. The Kier molecular flexibility index (Phi) is 7.20. The van der Waals surface area contributed by atoms with E-state index in [9.17, 15) is 18.0 Å². The number of carbonyl (C=O) groups is 2. The second kappa shape index (κ2) is 9.73. The van der Waals surface area contributed by atoms with Crippen LogP contribution >= 0.6 is 0 Å². The summed E-state index contributed by atoms with van der Waals surface area (Å²) in [6.45, 7) is 4.68. The second-order valence-corrected chi connectivity index (χ2v) is 10.2. The summed E-state index contributed by atoms with van der Waals surface area (Å²) >= 11 is 0. The number of sulfonamides is 1. The number of hydrogen-bond donors (Lipinski definition) is 2. The van der Waals surface area contributed by atoms with E-state index in [0.717, 1.165) is 4.31 Å². The standard InChI is InChI=1S/C21H26N4O7S/c1-21(2,3)32-20(27)24-12-13-25(17(14-24)19(26)23-28)33(29,30)16-9-7-15(8-10-16)31-18-6-4-5-11-22-18/h4-11,17,28H,12-14H2,1-3H3,(H,23,26). The minimum atomic E-state index is -4.13. The highest BCUT2D eigenvalue weighted by Gasteiger charge is 2.42. The molecule has 2 N–H and O–H groups in total. The number of hydroxylamine groups is 1. The summed E-state index contributed by atoms with van der Waals surface area (Å²) < 4.78 is 38.4. The number of amides is 2. The van der Waals surface area contributed by atoms with Gasteiger partial charge in [0, 0.05) is 31.9 Å². The highest BCUT2D eigenvalue weighted by atomic mass is 32.2. The lowest BCUT2D eigenvalue weighted by Crippen LogP contribution is -2.61. The van der Waals surface area contributed by atoms with Crippen molar-refractivity contribution >= 4 is 22.0 Å². The largest absolute Gasteiger partial charge is 0.444 e. The maximum absolute atomic E-state index is 13.3. The monoisotopic (exact) mass is 478 g/mol. The molecule has 3 rings (SSSR count). The first-order chi connectivity index (χ1) is 15.5. The zero-order valence-electron chi connectivity index (χ0n) is 18.5. The van der Waals surface area contributed by atoms with Crippen molar-refractivity contribution in [1.29, 1.82) is 0 Å². The Morgan fingerprint density at radius 3 is 2.39 bits per heavy atom. The van der Waals surface area contributed by atoms with Gasteiger partial charge in [0.15, 0.2) is 0 Å². The van der Waals surface area contributed by atoms with Crippen molar-refractivity contribution < 1.29 is 32.7 Å². The molecule has 33 heavy (non-hydrogen) atoms. The van der Waals surface area contributed by atoms with Crippen LogP contribution < -0.4 is 10.2 Å². The number of benzene rings is 1. The molecule has 1 aliphatic rings. The second-order valence-electron chi connectivity index (χ2n) is 8.28. The van der Waals surface area contributed by atoms with E-state index in [1.165, 1.54) is 34.6 Å². The third-order valence-electron chi connectivity index (χ3n) is 4.69. The molecule has 11 nitrogen and oxygen atoms in total. The van der Waals surface area contributed by atoms with Crippen LogP contribution in [0.2, 0.25) is 0 Å². The molecule has 0 aliphatic carbocycles. The normalized spacial score (nSPS) is 17.3. The molecule has 1 fully saturated rings. The summed E-state index contributed by atoms with van der Waals surface area (Å²) in [7, 11) is -4.13. The van der Waals surface area contributed by atoms with Gasteiger partial charge in [0.05, 0.1) is 4.90 Å². The summed E-state index contributed by atoms with van der Waals surface area (Å²) in [5.74, 6) is -0.222. The first-order valence-corrected chi connectivity index (χ1v) is 11.6. The van der Waals surface area contributed by atoms with Gasteiger partial charge in [-0.15, -0.1) is 0 Å². The van der Waals surface area contributed by atoms with Crippen LogP contribution in [0.15, 0.2) is 53.6 Å². The van der Waals surface area contributed by atoms with Gasteiger partial charge in [0.1, 0.15) is 17.4 Å². The van der Waals surface area contributed by atoms with Crippen LogP contribution in [0.4, 0.5) is 4.79 Å². The number of hydrogen-bond acceptors (Lipinski definition) is 8. The molecule has 1 saturated heterocycles. The van der Waals surface area contributed by atoms with Crippen molar-refractivity contribution in [3.63, 3.8) is 0 Å². The van der Waals surface area contributed by atoms with Crippen LogP contribution in [-0.4, -0.2) is 71.1 Å². The Labute approximate surface area is 191 Å². The number of carbonyl (C=O) groups excluding carboxylic acids is 2. The van der Waals surface area contributed by atoms with Crippen LogP contribution in [0.3, 0.4) is 0 Å². The summed E-state index contributed by atoms with van der Waals surface area (Å²) in [4.78, 5) is 29.9. The van der Waals surface area contributed by atoms with Gasteiger partial charge in [-0.1, -0.05) is 6.07 Å². The Morgan fingerprint density at radius 1 is 1.12 bits per heavy atom. The van der Waals surface area contributed by atoms with Crippen molar-refractivity contribution in [1.82, 2.24) is 19.7 Å². The number of nitrogens with zero attached hydrogens (tertiary/aromatic N) is 3. The van der Waals surface area contributed by atoms with Gasteiger partial charge in [-0.2, -0.15) is 4.31 Å². The lowest BCUT2D eigenvalue weighted by atomic mass is 10.2. The molecular weight excluding hydrogens is 452 g/mol.